The number of anilines is 3. The van der Waals surface area contributed by atoms with Gasteiger partial charge in [-0.05, 0) is 76.9 Å². The molecule has 0 atom stereocenters. The molecule has 2 aliphatic rings. The van der Waals surface area contributed by atoms with Crippen molar-refractivity contribution >= 4 is 39.7 Å². The van der Waals surface area contributed by atoms with Crippen LogP contribution in [0.2, 0.25) is 0 Å². The molecule has 1 aliphatic heterocycles. The van der Waals surface area contributed by atoms with Crippen LogP contribution in [-0.4, -0.2) is 9.97 Å². The van der Waals surface area contributed by atoms with E-state index in [9.17, 15) is 0 Å². The topological polar surface area (TPSA) is 29.0 Å². The second-order valence-electron chi connectivity index (χ2n) is 12.3. The van der Waals surface area contributed by atoms with E-state index in [2.05, 4.69) is 158 Å². The fraction of sp³-hybridized carbons (Fsp3) is 0.0732. The van der Waals surface area contributed by atoms with Crippen molar-refractivity contribution in [1.82, 2.24) is 9.97 Å². The second kappa shape index (κ2) is 9.91. The Balaban J connectivity index is 1.19. The molecule has 45 heavy (non-hydrogen) atoms. The van der Waals surface area contributed by atoms with Gasteiger partial charge in [-0.25, -0.2) is 9.97 Å². The molecule has 0 unspecified atom stereocenters. The zero-order valence-electron chi connectivity index (χ0n) is 25.0. The van der Waals surface area contributed by atoms with E-state index in [1.807, 2.05) is 0 Å². The van der Waals surface area contributed by atoms with E-state index in [0.29, 0.717) is 0 Å². The van der Waals surface area contributed by atoms with Crippen LogP contribution >= 0.6 is 11.8 Å². The van der Waals surface area contributed by atoms with Gasteiger partial charge in [0.25, 0.3) is 0 Å². The third-order valence-corrected chi connectivity index (χ3v) is 10.4. The third kappa shape index (κ3) is 4.06. The quantitative estimate of drug-likeness (QED) is 0.203. The Kier molecular flexibility index (Phi) is 5.78. The smallest absolute Gasteiger partial charge is 0.160 e. The fourth-order valence-electron chi connectivity index (χ4n) is 7.03. The van der Waals surface area contributed by atoms with Gasteiger partial charge in [0, 0.05) is 37.4 Å². The summed E-state index contributed by atoms with van der Waals surface area (Å²) in [5.74, 6) is 0.736. The molecule has 2 heterocycles. The van der Waals surface area contributed by atoms with Crippen molar-refractivity contribution in [3.8, 4) is 33.8 Å². The summed E-state index contributed by atoms with van der Waals surface area (Å²) in [4.78, 5) is 15.2. The molecule has 0 saturated carbocycles. The van der Waals surface area contributed by atoms with Gasteiger partial charge in [0.05, 0.1) is 22.6 Å². The van der Waals surface area contributed by atoms with Crippen molar-refractivity contribution in [2.45, 2.75) is 29.1 Å². The monoisotopic (exact) mass is 595 g/mol. The summed E-state index contributed by atoms with van der Waals surface area (Å²) in [6.45, 7) is 4.65. The molecule has 1 aromatic heterocycles. The first-order valence-corrected chi connectivity index (χ1v) is 16.2. The van der Waals surface area contributed by atoms with Crippen LogP contribution in [0.25, 0.3) is 44.7 Å². The van der Waals surface area contributed by atoms with Gasteiger partial charge in [-0.2, -0.15) is 0 Å². The molecule has 0 spiro atoms. The predicted octanol–water partition coefficient (Wildman–Crippen LogP) is 11.2. The summed E-state index contributed by atoms with van der Waals surface area (Å²) >= 11 is 1.80. The SMILES string of the molecule is CC1(C)c2ccccc2-c2ccc(-c3nc(-c4ccc5c(c4)Sc4ccccc4N5c4ccccc4)nc4ccccc34)cc21. The normalized spacial score (nSPS) is 14.0. The van der Waals surface area contributed by atoms with Gasteiger partial charge in [0.2, 0.25) is 0 Å². The molecule has 214 valence electrons. The first-order valence-electron chi connectivity index (χ1n) is 15.3. The summed E-state index contributed by atoms with van der Waals surface area (Å²) in [7, 11) is 0. The Morgan fingerprint density at radius 3 is 2.18 bits per heavy atom. The number of rotatable bonds is 3. The Bertz CT molecular complexity index is 2290. The minimum atomic E-state index is -0.0791. The second-order valence-corrected chi connectivity index (χ2v) is 13.4. The Morgan fingerprint density at radius 2 is 1.27 bits per heavy atom. The van der Waals surface area contributed by atoms with Crippen molar-refractivity contribution in [2.75, 3.05) is 4.90 Å². The Labute approximate surface area is 267 Å². The molecule has 1 aliphatic carbocycles. The number of para-hydroxylation sites is 3. The van der Waals surface area contributed by atoms with Crippen molar-refractivity contribution in [3.05, 3.63) is 151 Å². The molecule has 6 aromatic carbocycles. The minimum absolute atomic E-state index is 0.0791. The molecule has 3 nitrogen and oxygen atoms in total. The maximum Gasteiger partial charge on any atom is 0.160 e. The van der Waals surface area contributed by atoms with Crippen molar-refractivity contribution in [2.24, 2.45) is 0 Å². The van der Waals surface area contributed by atoms with Crippen LogP contribution in [0, 0.1) is 0 Å². The largest absolute Gasteiger partial charge is 0.308 e. The van der Waals surface area contributed by atoms with E-state index in [4.69, 9.17) is 9.97 Å². The van der Waals surface area contributed by atoms with Gasteiger partial charge in [-0.3, -0.25) is 0 Å². The summed E-state index contributed by atoms with van der Waals surface area (Å²) in [6.07, 6.45) is 0. The zero-order chi connectivity index (χ0) is 30.1. The maximum absolute atomic E-state index is 5.30. The van der Waals surface area contributed by atoms with Gasteiger partial charge >= 0.3 is 0 Å². The van der Waals surface area contributed by atoms with Gasteiger partial charge in [-0.1, -0.05) is 111 Å². The number of aromatic nitrogens is 2. The lowest BCUT2D eigenvalue weighted by Gasteiger charge is -2.33. The molecule has 0 fully saturated rings. The fourth-order valence-corrected chi connectivity index (χ4v) is 8.13. The number of hydrogen-bond acceptors (Lipinski definition) is 4. The van der Waals surface area contributed by atoms with E-state index in [0.717, 1.165) is 44.9 Å². The van der Waals surface area contributed by atoms with Crippen LogP contribution in [0.1, 0.15) is 25.0 Å². The highest BCUT2D eigenvalue weighted by Gasteiger charge is 2.35. The summed E-state index contributed by atoms with van der Waals surface area (Å²) < 4.78 is 0. The minimum Gasteiger partial charge on any atom is -0.308 e. The maximum atomic E-state index is 5.30. The molecular weight excluding hydrogens is 567 g/mol. The predicted molar refractivity (Wildman–Crippen MR) is 187 cm³/mol. The molecule has 0 bridgehead atoms. The number of nitrogens with zero attached hydrogens (tertiary/aromatic N) is 3. The lowest BCUT2D eigenvalue weighted by molar-refractivity contribution is 0.660. The number of fused-ring (bicyclic) bond motifs is 6. The van der Waals surface area contributed by atoms with Gasteiger partial charge < -0.3 is 4.90 Å². The van der Waals surface area contributed by atoms with Gasteiger partial charge in [-0.15, -0.1) is 0 Å². The first kappa shape index (κ1) is 26.2. The molecule has 7 aromatic rings. The van der Waals surface area contributed by atoms with Crippen LogP contribution in [0.15, 0.2) is 149 Å². The highest BCUT2D eigenvalue weighted by Crippen LogP contribution is 2.52. The van der Waals surface area contributed by atoms with Gasteiger partial charge in [0.1, 0.15) is 0 Å². The lowest BCUT2D eigenvalue weighted by atomic mass is 9.82. The average Bonchev–Trinajstić information content (AvgIpc) is 3.32. The Hall–Kier alpha value is -5.19. The van der Waals surface area contributed by atoms with Crippen LogP contribution in [-0.2, 0) is 5.41 Å². The molecule has 9 rings (SSSR count). The summed E-state index contributed by atoms with van der Waals surface area (Å²) in [5, 5.41) is 1.06. The Morgan fingerprint density at radius 1 is 0.556 bits per heavy atom. The van der Waals surface area contributed by atoms with E-state index in [1.54, 1.807) is 11.8 Å². The number of hydrogen-bond donors (Lipinski definition) is 0. The molecule has 0 amide bonds. The summed E-state index contributed by atoms with van der Waals surface area (Å²) in [6, 6.07) is 49.8. The molecule has 0 N–H and O–H groups in total. The molecular formula is C41H29N3S. The average molecular weight is 596 g/mol. The highest BCUT2D eigenvalue weighted by atomic mass is 32.2. The van der Waals surface area contributed by atoms with Crippen molar-refractivity contribution in [1.29, 1.82) is 0 Å². The molecule has 4 heteroatoms. The van der Waals surface area contributed by atoms with Crippen molar-refractivity contribution in [3.63, 3.8) is 0 Å². The van der Waals surface area contributed by atoms with E-state index < -0.39 is 0 Å². The van der Waals surface area contributed by atoms with E-state index in [1.165, 1.54) is 37.7 Å². The zero-order valence-corrected chi connectivity index (χ0v) is 25.8. The highest BCUT2D eigenvalue weighted by molar-refractivity contribution is 7.99. The van der Waals surface area contributed by atoms with Gasteiger partial charge in [0.15, 0.2) is 5.82 Å². The lowest BCUT2D eigenvalue weighted by Crippen LogP contribution is -2.15. The summed E-state index contributed by atoms with van der Waals surface area (Å²) in [5.41, 5.74) is 12.8. The van der Waals surface area contributed by atoms with E-state index >= 15 is 0 Å². The standard InChI is InChI=1S/C41H29N3S/c1-41(2)32-16-8-6-14-29(32)30-22-20-26(24-33(30)41)39-31-15-7-9-17-34(31)42-40(43-39)27-21-23-36-38(25-27)45-37-19-11-10-18-35(37)44(36)28-12-4-3-5-13-28/h3-25H,1-2H3. The van der Waals surface area contributed by atoms with E-state index in [-0.39, 0.29) is 5.41 Å². The molecule has 0 radical (unpaired) electrons. The first-order chi connectivity index (χ1) is 22.1. The van der Waals surface area contributed by atoms with Crippen LogP contribution < -0.4 is 4.90 Å². The third-order valence-electron chi connectivity index (χ3n) is 9.26. The van der Waals surface area contributed by atoms with Crippen LogP contribution in [0.4, 0.5) is 17.1 Å². The van der Waals surface area contributed by atoms with Crippen LogP contribution in [0.5, 0.6) is 0 Å². The van der Waals surface area contributed by atoms with Crippen LogP contribution in [0.3, 0.4) is 0 Å². The number of benzene rings is 6. The molecule has 0 saturated heterocycles. The van der Waals surface area contributed by atoms with Crippen molar-refractivity contribution < 1.29 is 0 Å².